The molecule has 47 nitrogen and oxygen atoms in total. The molecule has 16 amide bonds. The second kappa shape index (κ2) is 53.0. The number of nitrogens with one attached hydrogen (secondary N) is 19. The van der Waals surface area contributed by atoms with Crippen LogP contribution in [-0.4, -0.2) is 266 Å². The summed E-state index contributed by atoms with van der Waals surface area (Å²) in [5, 5.41) is 106. The molecule has 34 N–H and O–H groups in total. The van der Waals surface area contributed by atoms with Crippen molar-refractivity contribution in [1.29, 1.82) is 10.8 Å². The maximum absolute atomic E-state index is 14.6. The smallest absolute Gasteiger partial charge is 0.326 e. The van der Waals surface area contributed by atoms with Crippen LogP contribution in [0.1, 0.15) is 145 Å². The number of fused-ring (bicyclic) bond motifs is 1. The lowest BCUT2D eigenvalue weighted by atomic mass is 9.98. The van der Waals surface area contributed by atoms with Crippen molar-refractivity contribution >= 4 is 129 Å². The van der Waals surface area contributed by atoms with Gasteiger partial charge in [0.1, 0.15) is 78.3 Å². The van der Waals surface area contributed by atoms with Crippen LogP contribution < -0.4 is 114 Å². The van der Waals surface area contributed by atoms with Crippen LogP contribution in [0, 0.1) is 34.5 Å². The van der Waals surface area contributed by atoms with Crippen LogP contribution >= 0.6 is 0 Å². The number of nitrogens with two attached hydrogens (primary N) is 5. The predicted molar refractivity (Wildman–Crippen MR) is 453 cm³/mol. The first-order valence-electron chi connectivity index (χ1n) is 40.8. The quantitative estimate of drug-likeness (QED) is 0.0142. The number of guanidine groups is 2. The highest BCUT2D eigenvalue weighted by Crippen LogP contribution is 2.21. The highest BCUT2D eigenvalue weighted by Gasteiger charge is 2.40. The first kappa shape index (κ1) is 107. The van der Waals surface area contributed by atoms with E-state index in [1.165, 1.54) is 38.1 Å². The average molecular weight is 1780 g/mol. The summed E-state index contributed by atoms with van der Waals surface area (Å²) in [5.74, 6) is -23.8. The summed E-state index contributed by atoms with van der Waals surface area (Å²) < 4.78 is 0. The number of carbonyl (C=O) groups is 18. The highest BCUT2D eigenvalue weighted by atomic mass is 16.4. The number of phenols is 1. The van der Waals surface area contributed by atoms with Gasteiger partial charge in [-0.3, -0.25) is 92.3 Å². The molecular weight excluding hydrogens is 1650 g/mol. The monoisotopic (exact) mass is 1780 g/mol. The van der Waals surface area contributed by atoms with Crippen LogP contribution in [0.3, 0.4) is 0 Å². The fourth-order valence-corrected chi connectivity index (χ4v) is 12.6. The van der Waals surface area contributed by atoms with Gasteiger partial charge in [-0.25, -0.2) is 4.79 Å². The summed E-state index contributed by atoms with van der Waals surface area (Å²) in [7, 11) is 0. The molecule has 0 fully saturated rings. The predicted octanol–water partition coefficient (Wildman–Crippen LogP) is -7.57. The number of aromatic hydroxyl groups is 1. The maximum Gasteiger partial charge on any atom is 0.326 e. The number of phenolic OH excluding ortho intramolecular Hbond substituents is 1. The number of amides is 16. The van der Waals surface area contributed by atoms with Gasteiger partial charge in [0.25, 0.3) is 0 Å². The molecule has 0 aliphatic rings. The number of rotatable bonds is 56. The molecule has 0 radical (unpaired) electrons. The number of para-hydroxylation sites is 1. The van der Waals surface area contributed by atoms with Gasteiger partial charge in [-0.05, 0) is 105 Å². The first-order chi connectivity index (χ1) is 59.0. The molecule has 698 valence electrons. The number of hydrogen-bond acceptors (Lipinski definition) is 24. The van der Waals surface area contributed by atoms with E-state index in [4.69, 9.17) is 39.5 Å². The number of aromatic amines is 1. The van der Waals surface area contributed by atoms with Gasteiger partial charge in [0.05, 0.1) is 50.6 Å². The minimum Gasteiger partial charge on any atom is -0.508 e. The Labute approximate surface area is 726 Å². The number of primary amides is 2. The topological polar surface area (TPSA) is 794 Å². The van der Waals surface area contributed by atoms with E-state index in [1.54, 1.807) is 72.0 Å². The number of carboxylic acid groups (broad SMARTS) is 2. The van der Waals surface area contributed by atoms with Crippen LogP contribution in [0.25, 0.3) is 10.9 Å². The van der Waals surface area contributed by atoms with Gasteiger partial charge < -0.3 is 144 Å². The third-order valence-electron chi connectivity index (χ3n) is 19.5. The molecule has 0 saturated carbocycles. The Bertz CT molecular complexity index is 4310. The SMILES string of the molecule is CC[C@H](C)[C@H](NC(=O)[C@H](CCCNC(=N)N)NC(=O)CNC(=O)[C@@H](NC(=O)[C@H](CCCNC(=N)N)NC(=O)CNC(=O)[C@@H](NC(=O)[C@H](CC(=O)O)NC(=O)[C@H](Cc1ccc(O)cc1)NC(=O)[C@@H](NC(=O)[C@H](CC(N)=O)NC(=O)[C@H](CC(C)C)NC(=O)[C@H](CC(C)C)NC(=O)[C@H](Cc1c[nH]c2ccccc12)NC(=O)[C@@H](N)CC(N)=O)C(C)C)[C@@H](C)O)[C@@H](C)O)C(=O)O. The molecule has 0 unspecified atom stereocenters. The zero-order valence-electron chi connectivity index (χ0n) is 72.0. The number of carboxylic acids is 2. The van der Waals surface area contributed by atoms with Gasteiger partial charge >= 0.3 is 11.9 Å². The Morgan fingerprint density at radius 3 is 1.22 bits per heavy atom. The lowest BCUT2D eigenvalue weighted by molar-refractivity contribution is -0.144. The number of aliphatic carboxylic acids is 2. The van der Waals surface area contributed by atoms with E-state index in [2.05, 4.69) is 90.1 Å². The highest BCUT2D eigenvalue weighted by molar-refractivity contribution is 6.02. The molecule has 0 aliphatic carbocycles. The van der Waals surface area contributed by atoms with E-state index in [9.17, 15) is 112 Å². The van der Waals surface area contributed by atoms with Crippen molar-refractivity contribution in [2.45, 2.75) is 237 Å². The summed E-state index contributed by atoms with van der Waals surface area (Å²) in [6.45, 7) is 13.2. The maximum atomic E-state index is 14.6. The molecule has 47 heteroatoms. The van der Waals surface area contributed by atoms with Crippen molar-refractivity contribution in [2.24, 2.45) is 52.3 Å². The number of aliphatic hydroxyl groups excluding tert-OH is 2. The number of hydrogen-bond donors (Lipinski definition) is 29. The molecule has 16 atom stereocenters. The largest absolute Gasteiger partial charge is 0.508 e. The van der Waals surface area contributed by atoms with Crippen molar-refractivity contribution < 1.29 is 112 Å². The van der Waals surface area contributed by atoms with Gasteiger partial charge in [-0.1, -0.05) is 92.1 Å². The van der Waals surface area contributed by atoms with Gasteiger partial charge in [-0.15, -0.1) is 0 Å². The van der Waals surface area contributed by atoms with E-state index in [0.29, 0.717) is 22.9 Å². The zero-order valence-corrected chi connectivity index (χ0v) is 72.0. The molecule has 1 heterocycles. The molecule has 3 aromatic rings. The molecule has 0 aliphatic heterocycles. The molecule has 0 bridgehead atoms. The zero-order chi connectivity index (χ0) is 95.1. The lowest BCUT2D eigenvalue weighted by Gasteiger charge is -2.29. The van der Waals surface area contributed by atoms with Gasteiger partial charge in [0.2, 0.25) is 94.5 Å². The summed E-state index contributed by atoms with van der Waals surface area (Å²) in [6.07, 6.45) is -5.43. The van der Waals surface area contributed by atoms with E-state index in [1.807, 2.05) is 0 Å². The molecular formula is C79H124N24O23. The summed E-state index contributed by atoms with van der Waals surface area (Å²) in [6, 6.07) is -9.47. The van der Waals surface area contributed by atoms with Crippen molar-refractivity contribution in [3.05, 3.63) is 65.9 Å². The second-order valence-electron chi connectivity index (χ2n) is 31.6. The Kier molecular flexibility index (Phi) is 44.9. The number of aliphatic hydroxyl groups is 2. The fourth-order valence-electron chi connectivity index (χ4n) is 12.6. The standard InChI is InChI=1S/C79H124N24O23/c1-11-39(8)62(77(125)126)101-66(114)48(18-14-24-87-78(83)84)92-58(109)34-90-74(122)63(40(9)104)102-67(115)49(19-15-25-88-79(85)86)93-59(110)35-91-75(123)64(41(10)105)103-73(121)55(32-60(111)112)98-70(118)52(28-42-20-22-44(106)23-21-42)99-76(124)61(38(6)7)100-72(120)54(31-57(82)108)97-69(117)51(27-37(4)5)95-68(116)50(26-36(2)3)96-71(119)53(94-65(113)46(80)30-56(81)107)29-43-33-89-47-17-13-12-16-45(43)47/h12-13,16-17,20-23,33,36-41,46,48-55,61-64,89,104-106H,11,14-15,18-19,24-32,34-35,80H2,1-10H3,(H2,81,107)(H2,82,108)(H,90,122)(H,91,123)(H,92,109)(H,93,110)(H,94,113)(H,95,116)(H,96,119)(H,97,117)(H,98,118)(H,99,124)(H,100,120)(H,101,114)(H,102,115)(H,103,121)(H,111,112)(H,125,126)(H4,83,84,87)(H4,85,86,88)/t39-,40+,41+,46-,48-,49-,50-,51-,52-,53-,54-,55-,61-,62-,63-,64-/m0/s1. The number of H-pyrrole nitrogens is 1. The molecule has 0 spiro atoms. The summed E-state index contributed by atoms with van der Waals surface area (Å²) >= 11 is 0. The van der Waals surface area contributed by atoms with Crippen molar-refractivity contribution in [2.75, 3.05) is 26.2 Å². The van der Waals surface area contributed by atoms with Crippen LogP contribution in [0.15, 0.2) is 54.7 Å². The molecule has 3 rings (SSSR count). The van der Waals surface area contributed by atoms with Crippen LogP contribution in [0.4, 0.5) is 0 Å². The Morgan fingerprint density at radius 2 is 0.810 bits per heavy atom. The minimum atomic E-state index is -2.16. The summed E-state index contributed by atoms with van der Waals surface area (Å²) in [5.41, 5.74) is 29.1. The first-order valence-corrected chi connectivity index (χ1v) is 40.8. The fraction of sp³-hybridized carbons (Fsp3) is 0.570. The van der Waals surface area contributed by atoms with E-state index in [0.717, 1.165) is 13.8 Å². The van der Waals surface area contributed by atoms with Crippen LogP contribution in [-0.2, 0) is 99.1 Å². The minimum absolute atomic E-state index is 0.0294. The van der Waals surface area contributed by atoms with Crippen molar-refractivity contribution in [3.8, 4) is 5.75 Å². The third kappa shape index (κ3) is 38.2. The average Bonchev–Trinajstić information content (AvgIpc) is 1.61. The third-order valence-corrected chi connectivity index (χ3v) is 19.5. The van der Waals surface area contributed by atoms with Gasteiger partial charge in [-0.2, -0.15) is 0 Å². The second-order valence-corrected chi connectivity index (χ2v) is 31.6. The van der Waals surface area contributed by atoms with Crippen LogP contribution in [0.2, 0.25) is 0 Å². The van der Waals surface area contributed by atoms with E-state index < -0.39 is 254 Å². The van der Waals surface area contributed by atoms with Crippen LogP contribution in [0.5, 0.6) is 5.75 Å². The molecule has 2 aromatic carbocycles. The molecule has 126 heavy (non-hydrogen) atoms. The van der Waals surface area contributed by atoms with Crippen molar-refractivity contribution in [3.63, 3.8) is 0 Å². The van der Waals surface area contributed by atoms with Gasteiger partial charge in [0.15, 0.2) is 11.9 Å². The molecule has 0 saturated heterocycles. The molecule has 1 aromatic heterocycles. The normalized spacial score (nSPS) is 15.0. The Balaban J connectivity index is 1.88. The number of benzene rings is 2. The lowest BCUT2D eigenvalue weighted by Crippen LogP contribution is -2.62. The number of carbonyl (C=O) groups excluding carboxylic acids is 16. The van der Waals surface area contributed by atoms with E-state index in [-0.39, 0.29) is 87.1 Å². The Hall–Kier alpha value is -13.3. The Morgan fingerprint density at radius 1 is 0.421 bits per heavy atom. The van der Waals surface area contributed by atoms with E-state index >= 15 is 0 Å². The number of aromatic nitrogens is 1. The van der Waals surface area contributed by atoms with Gasteiger partial charge in [0, 0.05) is 43.0 Å². The summed E-state index contributed by atoms with van der Waals surface area (Å²) in [4.78, 5) is 248. The van der Waals surface area contributed by atoms with Crippen molar-refractivity contribution in [1.82, 2.24) is 90.1 Å².